The molecule has 0 aliphatic rings. The molecule has 0 aromatic carbocycles. The Morgan fingerprint density at radius 3 is 1.89 bits per heavy atom. The van der Waals surface area contributed by atoms with E-state index in [2.05, 4.69) is 36.8 Å². The number of hydrogen-bond donors (Lipinski definition) is 2. The van der Waals surface area contributed by atoms with Crippen molar-refractivity contribution in [2.24, 2.45) is 0 Å². The van der Waals surface area contributed by atoms with Crippen molar-refractivity contribution in [3.63, 3.8) is 0 Å². The van der Waals surface area contributed by atoms with Crippen LogP contribution >= 0.6 is 0 Å². The van der Waals surface area contributed by atoms with E-state index in [9.17, 15) is 4.79 Å². The lowest BCUT2D eigenvalue weighted by Crippen LogP contribution is -2.44. The highest BCUT2D eigenvalue weighted by molar-refractivity contribution is 6.84. The smallest absolute Gasteiger partial charge is 0.216 e. The van der Waals surface area contributed by atoms with Crippen LogP contribution in [0.3, 0.4) is 0 Å². The molecule has 1 amide bonds. The molecule has 19 heavy (non-hydrogen) atoms. The number of carbonyl (C=O) groups is 1. The van der Waals surface area contributed by atoms with Crippen molar-refractivity contribution in [2.75, 3.05) is 20.1 Å². The quantitative estimate of drug-likeness (QED) is 0.482. The normalized spacial score (nSPS) is 12.5. The molecule has 4 nitrogen and oxygen atoms in total. The van der Waals surface area contributed by atoms with Crippen molar-refractivity contribution < 1.29 is 8.91 Å². The van der Waals surface area contributed by atoms with Crippen molar-refractivity contribution in [1.29, 1.82) is 0 Å². The van der Waals surface area contributed by atoms with Gasteiger partial charge in [0.2, 0.25) is 5.91 Å². The molecular weight excluding hydrogens is 272 g/mol. The minimum absolute atomic E-state index is 0.0576. The first-order chi connectivity index (χ1) is 8.68. The van der Waals surface area contributed by atoms with E-state index < -0.39 is 16.6 Å². The van der Waals surface area contributed by atoms with E-state index in [0.29, 0.717) is 0 Å². The molecule has 0 aliphatic heterocycles. The first-order valence-corrected chi connectivity index (χ1v) is 13.5. The molecule has 0 aromatic rings. The Morgan fingerprint density at radius 1 is 1.00 bits per heavy atom. The van der Waals surface area contributed by atoms with E-state index >= 15 is 0 Å². The maximum atomic E-state index is 10.8. The minimum atomic E-state index is -1.58. The summed E-state index contributed by atoms with van der Waals surface area (Å²) in [4.78, 5) is 10.8. The number of amides is 1. The van der Waals surface area contributed by atoms with Crippen LogP contribution in [-0.2, 0) is 8.91 Å². The van der Waals surface area contributed by atoms with Crippen LogP contribution in [0.2, 0.25) is 38.3 Å². The van der Waals surface area contributed by atoms with Gasteiger partial charge < -0.3 is 14.7 Å². The number of nitrogens with one attached hydrogen (secondary N) is 2. The molecule has 0 heterocycles. The Morgan fingerprint density at radius 2 is 1.47 bits per heavy atom. The fraction of sp³-hybridized carbons (Fsp3) is 0.923. The van der Waals surface area contributed by atoms with Crippen LogP contribution in [0, 0.1) is 0 Å². The lowest BCUT2D eigenvalue weighted by Gasteiger charge is -2.34. The SMILES string of the molecule is CNCCC[Si](C)(C)O[Si](C)(C)CCCNC(C)=O. The molecule has 0 saturated carbocycles. The molecule has 0 bridgehead atoms. The van der Waals surface area contributed by atoms with E-state index in [1.54, 1.807) is 6.92 Å². The third-order valence-electron chi connectivity index (χ3n) is 3.09. The van der Waals surface area contributed by atoms with Gasteiger partial charge in [0.1, 0.15) is 0 Å². The molecule has 0 fully saturated rings. The van der Waals surface area contributed by atoms with Gasteiger partial charge in [0.15, 0.2) is 16.6 Å². The van der Waals surface area contributed by atoms with Gasteiger partial charge in [-0.2, -0.15) is 0 Å². The van der Waals surface area contributed by atoms with Gasteiger partial charge in [0.25, 0.3) is 0 Å². The summed E-state index contributed by atoms with van der Waals surface area (Å²) in [6, 6.07) is 2.34. The lowest BCUT2D eigenvalue weighted by atomic mass is 10.5. The van der Waals surface area contributed by atoms with Crippen molar-refractivity contribution in [2.45, 2.75) is 58.0 Å². The summed E-state index contributed by atoms with van der Waals surface area (Å²) in [6.45, 7) is 12.7. The van der Waals surface area contributed by atoms with E-state index in [0.717, 1.165) is 25.6 Å². The summed E-state index contributed by atoms with van der Waals surface area (Å²) in [5.74, 6) is 0.0576. The van der Waals surface area contributed by atoms with Crippen LogP contribution in [-0.4, -0.2) is 42.7 Å². The topological polar surface area (TPSA) is 50.4 Å². The largest absolute Gasteiger partial charge is 0.455 e. The molecule has 0 aromatic heterocycles. The predicted molar refractivity (Wildman–Crippen MR) is 87.5 cm³/mol. The monoisotopic (exact) mass is 304 g/mol. The van der Waals surface area contributed by atoms with Crippen LogP contribution < -0.4 is 10.6 Å². The Balaban J connectivity index is 4.00. The molecule has 2 N–H and O–H groups in total. The Labute approximate surface area is 121 Å². The molecule has 114 valence electrons. The number of hydrogen-bond acceptors (Lipinski definition) is 3. The maximum absolute atomic E-state index is 10.8. The summed E-state index contributed by atoms with van der Waals surface area (Å²) in [6.07, 6.45) is 2.23. The Bertz CT molecular complexity index is 271. The fourth-order valence-corrected chi connectivity index (χ4v) is 11.2. The molecule has 6 heteroatoms. The Hall–Kier alpha value is -0.176. The first-order valence-electron chi connectivity index (χ1n) is 7.28. The fourth-order valence-electron chi connectivity index (χ4n) is 2.32. The highest BCUT2D eigenvalue weighted by atomic mass is 28.4. The Kier molecular flexibility index (Phi) is 8.81. The summed E-state index contributed by atoms with van der Waals surface area (Å²) in [5.41, 5.74) is 0. The second-order valence-corrected chi connectivity index (χ2v) is 15.3. The first kappa shape index (κ1) is 18.8. The molecule has 0 spiro atoms. The molecule has 0 unspecified atom stereocenters. The van der Waals surface area contributed by atoms with Gasteiger partial charge in [-0.25, -0.2) is 0 Å². The predicted octanol–water partition coefficient (Wildman–Crippen LogP) is 2.55. The number of carbonyl (C=O) groups excluding carboxylic acids is 1. The average molecular weight is 305 g/mol. The highest BCUT2D eigenvalue weighted by Gasteiger charge is 2.32. The van der Waals surface area contributed by atoms with Gasteiger partial charge in [-0.15, -0.1) is 0 Å². The summed E-state index contributed by atoms with van der Waals surface area (Å²) in [5, 5.41) is 6.05. The van der Waals surface area contributed by atoms with Crippen LogP contribution in [0.1, 0.15) is 19.8 Å². The van der Waals surface area contributed by atoms with Gasteiger partial charge >= 0.3 is 0 Å². The zero-order valence-electron chi connectivity index (χ0n) is 13.6. The summed E-state index contributed by atoms with van der Waals surface area (Å²) < 4.78 is 6.52. The molecule has 0 saturated heterocycles. The van der Waals surface area contributed by atoms with Crippen molar-refractivity contribution in [3.8, 4) is 0 Å². The van der Waals surface area contributed by atoms with Gasteiger partial charge in [-0.05, 0) is 64.7 Å². The van der Waals surface area contributed by atoms with Gasteiger partial charge in [0.05, 0.1) is 0 Å². The zero-order valence-corrected chi connectivity index (χ0v) is 15.6. The molecule has 0 aliphatic carbocycles. The van der Waals surface area contributed by atoms with Crippen LogP contribution in [0.5, 0.6) is 0 Å². The van der Waals surface area contributed by atoms with Gasteiger partial charge in [-0.3, -0.25) is 4.79 Å². The second-order valence-electron chi connectivity index (χ2n) is 6.42. The molecule has 0 atom stereocenters. The lowest BCUT2D eigenvalue weighted by molar-refractivity contribution is -0.118. The van der Waals surface area contributed by atoms with E-state index in [1.165, 1.54) is 12.5 Å². The molecular formula is C13H32N2O2Si2. The second kappa shape index (κ2) is 8.89. The van der Waals surface area contributed by atoms with Crippen molar-refractivity contribution in [1.82, 2.24) is 10.6 Å². The summed E-state index contributed by atoms with van der Waals surface area (Å²) in [7, 11) is -1.11. The molecule has 0 rings (SSSR count). The van der Waals surface area contributed by atoms with Gasteiger partial charge in [0, 0.05) is 13.5 Å². The van der Waals surface area contributed by atoms with Crippen LogP contribution in [0.25, 0.3) is 0 Å². The number of rotatable bonds is 10. The summed E-state index contributed by atoms with van der Waals surface area (Å²) >= 11 is 0. The highest BCUT2D eigenvalue weighted by Crippen LogP contribution is 2.23. The standard InChI is InChI=1S/C13H32N2O2Si2/c1-13(16)15-10-8-12-19(5,6)17-18(3,4)11-7-9-14-2/h14H,7-12H2,1-6H3,(H,15,16). The van der Waals surface area contributed by atoms with E-state index in [1.807, 2.05) is 7.05 Å². The molecule has 0 radical (unpaired) electrons. The van der Waals surface area contributed by atoms with Crippen molar-refractivity contribution in [3.05, 3.63) is 0 Å². The van der Waals surface area contributed by atoms with Crippen molar-refractivity contribution >= 4 is 22.5 Å². The average Bonchev–Trinajstić information content (AvgIpc) is 2.23. The van der Waals surface area contributed by atoms with Crippen LogP contribution in [0.15, 0.2) is 0 Å². The van der Waals surface area contributed by atoms with Gasteiger partial charge in [-0.1, -0.05) is 0 Å². The zero-order chi connectivity index (χ0) is 14.9. The van der Waals surface area contributed by atoms with E-state index in [4.69, 9.17) is 4.12 Å². The third-order valence-corrected chi connectivity index (χ3v) is 10.6. The maximum Gasteiger partial charge on any atom is 0.216 e. The minimum Gasteiger partial charge on any atom is -0.455 e. The van der Waals surface area contributed by atoms with Crippen LogP contribution in [0.4, 0.5) is 0 Å². The van der Waals surface area contributed by atoms with E-state index in [-0.39, 0.29) is 5.91 Å². The third kappa shape index (κ3) is 11.4.